The molecule has 7 heteroatoms. The van der Waals surface area contributed by atoms with Gasteiger partial charge < -0.3 is 4.74 Å². The number of methoxy groups -OCH3 is 1. The molecule has 0 saturated carbocycles. The fourth-order valence-corrected chi connectivity index (χ4v) is 1.56. The minimum Gasteiger partial charge on any atom is -0.452 e. The van der Waals surface area contributed by atoms with Crippen LogP contribution in [0.2, 0.25) is 10.0 Å². The molecule has 0 aliphatic heterocycles. The van der Waals surface area contributed by atoms with Crippen LogP contribution in [0.15, 0.2) is 17.2 Å². The van der Waals surface area contributed by atoms with E-state index in [0.717, 1.165) is 6.07 Å². The van der Waals surface area contributed by atoms with Crippen molar-refractivity contribution in [1.82, 2.24) is 5.43 Å². The summed E-state index contributed by atoms with van der Waals surface area (Å²) in [4.78, 5) is 10.8. The Kier molecular flexibility index (Phi) is 4.72. The molecule has 0 fully saturated rings. The Morgan fingerprint density at radius 3 is 2.65 bits per heavy atom. The number of hydrazone groups is 1. The van der Waals surface area contributed by atoms with Gasteiger partial charge in [-0.1, -0.05) is 23.2 Å². The zero-order chi connectivity index (χ0) is 13.0. The van der Waals surface area contributed by atoms with Crippen LogP contribution in [-0.4, -0.2) is 18.9 Å². The van der Waals surface area contributed by atoms with E-state index in [1.54, 1.807) is 6.92 Å². The third-order valence-corrected chi connectivity index (χ3v) is 2.50. The number of benzene rings is 1. The van der Waals surface area contributed by atoms with Crippen molar-refractivity contribution in [3.8, 4) is 0 Å². The third-order valence-electron chi connectivity index (χ3n) is 1.90. The Bertz CT molecular complexity index is 478. The van der Waals surface area contributed by atoms with Gasteiger partial charge in [-0.3, -0.25) is 0 Å². The predicted molar refractivity (Wildman–Crippen MR) is 64.2 cm³/mol. The molecule has 0 saturated heterocycles. The third kappa shape index (κ3) is 3.57. The van der Waals surface area contributed by atoms with Crippen molar-refractivity contribution >= 4 is 35.0 Å². The van der Waals surface area contributed by atoms with E-state index in [2.05, 4.69) is 15.3 Å². The number of nitrogens with one attached hydrogen (secondary N) is 1. The van der Waals surface area contributed by atoms with Crippen molar-refractivity contribution < 1.29 is 13.9 Å². The number of carbonyl (C=O) groups is 1. The molecule has 92 valence electrons. The molecule has 4 nitrogen and oxygen atoms in total. The molecule has 0 aromatic heterocycles. The fraction of sp³-hybridized carbons (Fsp3) is 0.200. The molecule has 1 rings (SSSR count). The minimum atomic E-state index is -0.727. The van der Waals surface area contributed by atoms with Crippen LogP contribution >= 0.6 is 23.2 Å². The van der Waals surface area contributed by atoms with E-state index in [9.17, 15) is 9.18 Å². The minimum absolute atomic E-state index is 0.0764. The molecule has 0 radical (unpaired) electrons. The van der Waals surface area contributed by atoms with Crippen molar-refractivity contribution in [1.29, 1.82) is 0 Å². The average molecular weight is 279 g/mol. The molecule has 0 atom stereocenters. The van der Waals surface area contributed by atoms with Gasteiger partial charge in [0.25, 0.3) is 0 Å². The lowest BCUT2D eigenvalue weighted by molar-refractivity contribution is 0.171. The largest absolute Gasteiger partial charge is 0.452 e. The monoisotopic (exact) mass is 278 g/mol. The van der Waals surface area contributed by atoms with Crippen LogP contribution in [0.3, 0.4) is 0 Å². The Morgan fingerprint density at radius 1 is 1.41 bits per heavy atom. The number of hydrogen-bond donors (Lipinski definition) is 1. The highest BCUT2D eigenvalue weighted by molar-refractivity contribution is 6.37. The number of rotatable bonds is 2. The first-order valence-electron chi connectivity index (χ1n) is 4.49. The lowest BCUT2D eigenvalue weighted by atomic mass is 10.1. The summed E-state index contributed by atoms with van der Waals surface area (Å²) in [6.07, 6.45) is -0.727. The van der Waals surface area contributed by atoms with E-state index < -0.39 is 11.9 Å². The smallest absolute Gasteiger partial charge is 0.427 e. The molecule has 1 aromatic rings. The maximum absolute atomic E-state index is 13.2. The molecule has 0 spiro atoms. The molecule has 0 heterocycles. The van der Waals surface area contributed by atoms with Gasteiger partial charge in [0, 0.05) is 5.56 Å². The zero-order valence-corrected chi connectivity index (χ0v) is 10.6. The summed E-state index contributed by atoms with van der Waals surface area (Å²) in [5, 5.41) is 3.86. The van der Waals surface area contributed by atoms with Gasteiger partial charge in [0.1, 0.15) is 5.82 Å². The first-order chi connectivity index (χ1) is 7.95. The van der Waals surface area contributed by atoms with Gasteiger partial charge in [-0.25, -0.2) is 14.6 Å². The standard InChI is InChI=1S/C10H9Cl2FN2O2/c1-5(14-15-10(16)17-2)6-3-9(13)8(12)4-7(6)11/h3-4H,1-2H3,(H,15,16)/b14-5-. The summed E-state index contributed by atoms with van der Waals surface area (Å²) in [5.41, 5.74) is 2.77. The first kappa shape index (κ1) is 13.7. The molecule has 17 heavy (non-hydrogen) atoms. The van der Waals surface area contributed by atoms with Gasteiger partial charge in [-0.05, 0) is 19.1 Å². The van der Waals surface area contributed by atoms with Crippen molar-refractivity contribution in [2.45, 2.75) is 6.92 Å². The SMILES string of the molecule is COC(=O)N/N=C(/C)c1cc(F)c(Cl)cc1Cl. The lowest BCUT2D eigenvalue weighted by Crippen LogP contribution is -2.18. The van der Waals surface area contributed by atoms with Crippen LogP contribution in [0.4, 0.5) is 9.18 Å². The van der Waals surface area contributed by atoms with Crippen molar-refractivity contribution in [3.05, 3.63) is 33.6 Å². The zero-order valence-electron chi connectivity index (χ0n) is 9.05. The topological polar surface area (TPSA) is 50.7 Å². The highest BCUT2D eigenvalue weighted by Gasteiger charge is 2.10. The van der Waals surface area contributed by atoms with Crippen LogP contribution in [0.25, 0.3) is 0 Å². The second-order valence-electron chi connectivity index (χ2n) is 3.05. The molecular formula is C10H9Cl2FN2O2. The van der Waals surface area contributed by atoms with Gasteiger partial charge in [-0.2, -0.15) is 5.10 Å². The second-order valence-corrected chi connectivity index (χ2v) is 3.86. The first-order valence-corrected chi connectivity index (χ1v) is 5.24. The fourth-order valence-electron chi connectivity index (χ4n) is 1.04. The highest BCUT2D eigenvalue weighted by Crippen LogP contribution is 2.24. The molecule has 1 N–H and O–H groups in total. The van der Waals surface area contributed by atoms with Crippen LogP contribution in [0.1, 0.15) is 12.5 Å². The van der Waals surface area contributed by atoms with E-state index in [-0.39, 0.29) is 10.0 Å². The highest BCUT2D eigenvalue weighted by atomic mass is 35.5. The van der Waals surface area contributed by atoms with Crippen LogP contribution in [-0.2, 0) is 4.74 Å². The molecule has 0 unspecified atom stereocenters. The summed E-state index contributed by atoms with van der Waals surface area (Å²) in [6.45, 7) is 1.56. The molecule has 1 aromatic carbocycles. The molecule has 0 aliphatic carbocycles. The molecular weight excluding hydrogens is 270 g/mol. The normalized spacial score (nSPS) is 11.2. The van der Waals surface area contributed by atoms with Crippen molar-refractivity contribution in [2.75, 3.05) is 7.11 Å². The number of hydrogen-bond acceptors (Lipinski definition) is 3. The van der Waals surface area contributed by atoms with E-state index in [4.69, 9.17) is 23.2 Å². The summed E-state index contributed by atoms with van der Waals surface area (Å²) >= 11 is 11.4. The van der Waals surface area contributed by atoms with Crippen LogP contribution in [0, 0.1) is 5.82 Å². The number of ether oxygens (including phenoxy) is 1. The van der Waals surface area contributed by atoms with Crippen molar-refractivity contribution in [2.24, 2.45) is 5.10 Å². The van der Waals surface area contributed by atoms with Crippen molar-refractivity contribution in [3.63, 3.8) is 0 Å². The second kappa shape index (κ2) is 5.84. The van der Waals surface area contributed by atoms with E-state index >= 15 is 0 Å². The van der Waals surface area contributed by atoms with Crippen LogP contribution < -0.4 is 5.43 Å². The summed E-state index contributed by atoms with van der Waals surface area (Å²) in [6, 6.07) is 2.41. The molecule has 0 aliphatic rings. The van der Waals surface area contributed by atoms with E-state index in [1.165, 1.54) is 13.2 Å². The summed E-state index contributed by atoms with van der Waals surface area (Å²) < 4.78 is 17.6. The number of carbonyl (C=O) groups excluding carboxylic acids is 1. The number of amides is 1. The summed E-state index contributed by atoms with van der Waals surface area (Å²) in [7, 11) is 1.20. The number of nitrogens with zero attached hydrogens (tertiary/aromatic N) is 1. The quantitative estimate of drug-likeness (QED) is 0.513. The van der Waals surface area contributed by atoms with E-state index in [0.29, 0.717) is 11.3 Å². The van der Waals surface area contributed by atoms with Gasteiger partial charge in [0.05, 0.1) is 22.9 Å². The molecule has 0 bridgehead atoms. The Morgan fingerprint density at radius 2 is 2.06 bits per heavy atom. The van der Waals surface area contributed by atoms with Gasteiger partial charge in [0.2, 0.25) is 0 Å². The summed E-state index contributed by atoms with van der Waals surface area (Å²) in [5.74, 6) is -0.612. The Labute approximate surface area is 107 Å². The Balaban J connectivity index is 3.00. The van der Waals surface area contributed by atoms with Gasteiger partial charge >= 0.3 is 6.09 Å². The predicted octanol–water partition coefficient (Wildman–Crippen LogP) is 3.21. The van der Waals surface area contributed by atoms with Gasteiger partial charge in [-0.15, -0.1) is 0 Å². The van der Waals surface area contributed by atoms with E-state index in [1.807, 2.05) is 0 Å². The van der Waals surface area contributed by atoms with Crippen LogP contribution in [0.5, 0.6) is 0 Å². The Hall–Kier alpha value is -1.33. The molecule has 1 amide bonds. The maximum atomic E-state index is 13.2. The maximum Gasteiger partial charge on any atom is 0.427 e. The van der Waals surface area contributed by atoms with Gasteiger partial charge in [0.15, 0.2) is 0 Å². The number of halogens is 3. The average Bonchev–Trinajstić information content (AvgIpc) is 2.30. The lowest BCUT2D eigenvalue weighted by Gasteiger charge is -2.05.